The van der Waals surface area contributed by atoms with E-state index < -0.39 is 42.2 Å². The number of ether oxygens (including phenoxy) is 2. The highest BCUT2D eigenvalue weighted by molar-refractivity contribution is 5.90. The van der Waals surface area contributed by atoms with Gasteiger partial charge in [0.05, 0.1) is 49.1 Å². The molecular formula is C43H72N6O8. The number of carbonyl (C=O) groups is 5. The van der Waals surface area contributed by atoms with Gasteiger partial charge in [0.2, 0.25) is 23.6 Å². The molecule has 2 saturated heterocycles. The van der Waals surface area contributed by atoms with E-state index in [1.54, 1.807) is 30.9 Å². The second-order valence-corrected chi connectivity index (χ2v) is 16.8. The third-order valence-corrected chi connectivity index (χ3v) is 12.0. The minimum Gasteiger partial charge on any atom is -0.481 e. The molecule has 1 aromatic rings. The predicted octanol–water partition coefficient (Wildman–Crippen LogP) is 3.18. The van der Waals surface area contributed by atoms with Crippen molar-refractivity contribution in [2.45, 2.75) is 129 Å². The van der Waals surface area contributed by atoms with Gasteiger partial charge in [-0.25, -0.2) is 0 Å². The first-order valence-electron chi connectivity index (χ1n) is 21.0. The minimum atomic E-state index is -1.01. The molecule has 1 aromatic carbocycles. The number of amides is 4. The van der Waals surface area contributed by atoms with Gasteiger partial charge in [0.1, 0.15) is 6.04 Å². The Balaban J connectivity index is 1.77. The van der Waals surface area contributed by atoms with Crippen LogP contribution in [0, 0.1) is 23.7 Å². The average Bonchev–Trinajstić information content (AvgIpc) is 3.66. The molecule has 0 bridgehead atoms. The summed E-state index contributed by atoms with van der Waals surface area (Å²) in [6.07, 6.45) is 0.945. The van der Waals surface area contributed by atoms with Crippen molar-refractivity contribution in [1.82, 2.24) is 30.7 Å². The number of likely N-dealkylation sites (N-methyl/N-ethyl adjacent to an activating group) is 1. The second kappa shape index (κ2) is 23.1. The zero-order valence-corrected chi connectivity index (χ0v) is 36.2. The number of hydrogen-bond acceptors (Lipinski definition) is 9. The topological polar surface area (TPSA) is 170 Å². The molecule has 2 heterocycles. The van der Waals surface area contributed by atoms with Gasteiger partial charge in [0.15, 0.2) is 0 Å². The van der Waals surface area contributed by atoms with Crippen molar-refractivity contribution in [2.75, 3.05) is 54.0 Å². The van der Waals surface area contributed by atoms with E-state index in [1.165, 1.54) is 7.11 Å². The molecule has 2 fully saturated rings. The Bertz CT molecular complexity index is 1440. The fraction of sp³-hybridized carbons (Fsp3) is 0.744. The van der Waals surface area contributed by atoms with Crippen LogP contribution in [0.5, 0.6) is 0 Å². The van der Waals surface area contributed by atoms with Crippen molar-refractivity contribution in [2.24, 2.45) is 23.7 Å². The number of nitrogens with zero attached hydrogens (tertiary/aromatic N) is 3. The van der Waals surface area contributed by atoms with Crippen LogP contribution in [-0.4, -0.2) is 146 Å². The molecule has 14 nitrogen and oxygen atoms in total. The van der Waals surface area contributed by atoms with Gasteiger partial charge in [-0.2, -0.15) is 0 Å². The van der Waals surface area contributed by atoms with E-state index in [4.69, 9.17) is 9.47 Å². The molecular weight excluding hydrogens is 729 g/mol. The standard InChI is InChI=1S/C43H72N6O8/c1-11-29(6)39(47(8)43(55)37(27(2)3)46-42(54)38(28(4)5)48-22-19-44-20-23-48)34(56-9)26-35(50)49-21-15-18-33(49)40(57-10)30(7)41(53)45-32(25-36(51)52)24-31-16-13-12-14-17-31/h12-14,16-17,27-30,32-34,37-40,44H,11,15,18-26H2,1-10H3,(H,45,53)(H,46,54)(H,51,52)/t29-,30+,32-,33-,34?,37-,38-,39-,40+/m0/s1. The Hall–Kier alpha value is -3.59. The molecule has 57 heavy (non-hydrogen) atoms. The van der Waals surface area contributed by atoms with E-state index in [9.17, 15) is 29.1 Å². The first-order valence-corrected chi connectivity index (χ1v) is 21.0. The summed E-state index contributed by atoms with van der Waals surface area (Å²) in [5, 5.41) is 19.0. The maximum Gasteiger partial charge on any atom is 0.305 e. The number of methoxy groups -OCH3 is 2. The van der Waals surface area contributed by atoms with Crippen LogP contribution >= 0.6 is 0 Å². The monoisotopic (exact) mass is 801 g/mol. The second-order valence-electron chi connectivity index (χ2n) is 16.8. The normalized spacial score (nSPS) is 20.6. The zero-order valence-electron chi connectivity index (χ0n) is 36.2. The van der Waals surface area contributed by atoms with Crippen molar-refractivity contribution in [3.05, 3.63) is 35.9 Å². The maximum atomic E-state index is 14.4. The molecule has 0 aromatic heterocycles. The van der Waals surface area contributed by atoms with Crippen LogP contribution in [0.15, 0.2) is 30.3 Å². The summed E-state index contributed by atoms with van der Waals surface area (Å²) in [5.74, 6) is -2.75. The molecule has 0 radical (unpaired) electrons. The van der Waals surface area contributed by atoms with Gasteiger partial charge >= 0.3 is 5.97 Å². The Morgan fingerprint density at radius 2 is 1.54 bits per heavy atom. The summed E-state index contributed by atoms with van der Waals surface area (Å²) in [7, 11) is 4.83. The van der Waals surface area contributed by atoms with Gasteiger partial charge < -0.3 is 40.3 Å². The summed E-state index contributed by atoms with van der Waals surface area (Å²) in [6, 6.07) is 6.82. The average molecular weight is 801 g/mol. The number of benzene rings is 1. The van der Waals surface area contributed by atoms with E-state index in [0.29, 0.717) is 19.4 Å². The van der Waals surface area contributed by atoms with Gasteiger partial charge in [0.25, 0.3) is 0 Å². The van der Waals surface area contributed by atoms with E-state index in [0.717, 1.165) is 44.6 Å². The molecule has 2 aliphatic rings. The number of likely N-dealkylation sites (tertiary alicyclic amines) is 1. The Morgan fingerprint density at radius 3 is 2.09 bits per heavy atom. The highest BCUT2D eigenvalue weighted by Gasteiger charge is 2.43. The number of carbonyl (C=O) groups excluding carboxylic acids is 4. The number of carboxylic acids is 1. The lowest BCUT2D eigenvalue weighted by molar-refractivity contribution is -0.148. The largest absolute Gasteiger partial charge is 0.481 e. The lowest BCUT2D eigenvalue weighted by Crippen LogP contribution is -2.61. The summed E-state index contributed by atoms with van der Waals surface area (Å²) < 4.78 is 12.0. The van der Waals surface area contributed by atoms with Crippen molar-refractivity contribution < 1.29 is 38.6 Å². The van der Waals surface area contributed by atoms with E-state index >= 15 is 0 Å². The molecule has 14 heteroatoms. The van der Waals surface area contributed by atoms with Crippen molar-refractivity contribution in [3.8, 4) is 0 Å². The molecule has 0 aliphatic carbocycles. The van der Waals surface area contributed by atoms with E-state index in [1.807, 2.05) is 71.9 Å². The van der Waals surface area contributed by atoms with E-state index in [-0.39, 0.29) is 66.3 Å². The number of hydrogen-bond donors (Lipinski definition) is 4. The van der Waals surface area contributed by atoms with Crippen molar-refractivity contribution in [1.29, 1.82) is 0 Å². The molecule has 0 spiro atoms. The number of nitrogens with one attached hydrogen (secondary N) is 3. The fourth-order valence-electron chi connectivity index (χ4n) is 8.74. The number of rotatable bonds is 22. The quantitative estimate of drug-likeness (QED) is 0.137. The zero-order chi connectivity index (χ0) is 42.4. The van der Waals surface area contributed by atoms with Gasteiger partial charge in [-0.3, -0.25) is 28.9 Å². The van der Waals surface area contributed by atoms with Crippen LogP contribution in [0.4, 0.5) is 0 Å². The third kappa shape index (κ3) is 13.2. The Morgan fingerprint density at radius 1 is 0.895 bits per heavy atom. The molecule has 3 rings (SSSR count). The molecule has 4 N–H and O–H groups in total. The first kappa shape index (κ1) is 47.8. The summed E-state index contributed by atoms with van der Waals surface area (Å²) in [5.41, 5.74) is 0.915. The smallest absolute Gasteiger partial charge is 0.305 e. The summed E-state index contributed by atoms with van der Waals surface area (Å²) in [6.45, 7) is 17.4. The molecule has 0 saturated carbocycles. The fourth-order valence-corrected chi connectivity index (χ4v) is 8.74. The SMILES string of the molecule is CC[C@H](C)[C@@H](C(CC(=O)N1CCC[C@H]1[C@H](OC)[C@@H](C)C(=O)N[C@H](CC(=O)O)Cc1ccccc1)OC)N(C)C(=O)[C@@H](NC(=O)[C@H](C(C)C)N1CCNCC1)C(C)C. The van der Waals surface area contributed by atoms with Crippen LogP contribution in [0.2, 0.25) is 0 Å². The van der Waals surface area contributed by atoms with Gasteiger partial charge in [0, 0.05) is 60.0 Å². The highest BCUT2D eigenvalue weighted by Crippen LogP contribution is 2.30. The first-order chi connectivity index (χ1) is 27.1. The van der Waals surface area contributed by atoms with Gasteiger partial charge in [-0.1, -0.05) is 85.2 Å². The summed E-state index contributed by atoms with van der Waals surface area (Å²) >= 11 is 0. The van der Waals surface area contributed by atoms with Crippen LogP contribution in [0.3, 0.4) is 0 Å². The lowest BCUT2D eigenvalue weighted by atomic mass is 9.89. The van der Waals surface area contributed by atoms with E-state index in [2.05, 4.69) is 20.9 Å². The number of piperazine rings is 1. The molecule has 9 atom stereocenters. The maximum absolute atomic E-state index is 14.4. The van der Waals surface area contributed by atoms with Gasteiger partial charge in [-0.05, 0) is 42.6 Å². The number of carboxylic acid groups (broad SMARTS) is 1. The lowest BCUT2D eigenvalue weighted by Gasteiger charge is -2.41. The van der Waals surface area contributed by atoms with Gasteiger partial charge in [-0.15, -0.1) is 0 Å². The third-order valence-electron chi connectivity index (χ3n) is 12.0. The molecule has 1 unspecified atom stereocenters. The van der Waals surface area contributed by atoms with Crippen LogP contribution in [0.25, 0.3) is 0 Å². The minimum absolute atomic E-state index is 0.00548. The highest BCUT2D eigenvalue weighted by atomic mass is 16.5. The van der Waals surface area contributed by atoms with Crippen LogP contribution in [0.1, 0.15) is 86.1 Å². The van der Waals surface area contributed by atoms with Crippen LogP contribution < -0.4 is 16.0 Å². The summed E-state index contributed by atoms with van der Waals surface area (Å²) in [4.78, 5) is 73.6. The Labute approximate surface area is 341 Å². The molecule has 322 valence electrons. The molecule has 2 aliphatic heterocycles. The molecule has 4 amide bonds. The Kier molecular flexibility index (Phi) is 19.4. The van der Waals surface area contributed by atoms with Crippen molar-refractivity contribution >= 4 is 29.6 Å². The number of aliphatic carboxylic acids is 1. The van der Waals surface area contributed by atoms with Crippen LogP contribution in [-0.2, 0) is 39.9 Å². The van der Waals surface area contributed by atoms with Crippen molar-refractivity contribution in [3.63, 3.8) is 0 Å². The predicted molar refractivity (Wildman–Crippen MR) is 220 cm³/mol.